The fourth-order valence-corrected chi connectivity index (χ4v) is 1.90. The minimum atomic E-state index is 0.136. The number of likely N-dealkylation sites (tertiary alicyclic amines) is 1. The van der Waals surface area contributed by atoms with Gasteiger partial charge in [0.2, 0.25) is 0 Å². The molecule has 74 valence electrons. The van der Waals surface area contributed by atoms with E-state index in [-0.39, 0.29) is 5.91 Å². The van der Waals surface area contributed by atoms with Crippen molar-refractivity contribution in [1.29, 1.82) is 0 Å². The van der Waals surface area contributed by atoms with Gasteiger partial charge in [-0.2, -0.15) is 0 Å². The van der Waals surface area contributed by atoms with Crippen LogP contribution in [0.4, 0.5) is 0 Å². The Bertz CT molecular complexity index is 323. The van der Waals surface area contributed by atoms with E-state index in [9.17, 15) is 4.79 Å². The molecule has 0 saturated carbocycles. The monoisotopic (exact) mass is 190 g/mol. The van der Waals surface area contributed by atoms with Gasteiger partial charge in [0.05, 0.1) is 0 Å². The second-order valence-corrected chi connectivity index (χ2v) is 3.73. The maximum atomic E-state index is 12.0. The van der Waals surface area contributed by atoms with Crippen LogP contribution in [0, 0.1) is 0 Å². The molecule has 3 nitrogen and oxygen atoms in total. The van der Waals surface area contributed by atoms with Gasteiger partial charge < -0.3 is 4.90 Å². The largest absolute Gasteiger partial charge is 0.336 e. The highest BCUT2D eigenvalue weighted by Gasteiger charge is 2.25. The van der Waals surface area contributed by atoms with Crippen molar-refractivity contribution < 1.29 is 4.79 Å². The normalized spacial score (nSPS) is 21.2. The van der Waals surface area contributed by atoms with Gasteiger partial charge in [-0.25, -0.2) is 0 Å². The van der Waals surface area contributed by atoms with E-state index in [1.165, 1.54) is 0 Å². The minimum absolute atomic E-state index is 0.136. The predicted octanol–water partition coefficient (Wildman–Crippen LogP) is 1.71. The molecule has 0 unspecified atom stereocenters. The van der Waals surface area contributed by atoms with Crippen molar-refractivity contribution in [3.63, 3.8) is 0 Å². The number of nitrogens with zero attached hydrogens (tertiary/aromatic N) is 2. The first-order valence-electron chi connectivity index (χ1n) is 5.00. The predicted molar refractivity (Wildman–Crippen MR) is 54.0 cm³/mol. The Kier molecular flexibility index (Phi) is 2.48. The Morgan fingerprint density at radius 3 is 2.79 bits per heavy atom. The van der Waals surface area contributed by atoms with Crippen molar-refractivity contribution in [2.24, 2.45) is 0 Å². The van der Waals surface area contributed by atoms with Crippen LogP contribution in [-0.4, -0.2) is 28.4 Å². The van der Waals surface area contributed by atoms with E-state index < -0.39 is 0 Å². The molecule has 1 aromatic rings. The van der Waals surface area contributed by atoms with Gasteiger partial charge in [0, 0.05) is 30.5 Å². The van der Waals surface area contributed by atoms with Crippen molar-refractivity contribution in [2.45, 2.75) is 25.8 Å². The van der Waals surface area contributed by atoms with Crippen LogP contribution < -0.4 is 0 Å². The molecule has 3 heteroatoms. The highest BCUT2D eigenvalue weighted by molar-refractivity contribution is 5.94. The summed E-state index contributed by atoms with van der Waals surface area (Å²) in [5.41, 5.74) is 0.744. The number of aromatic nitrogens is 1. The van der Waals surface area contributed by atoms with E-state index in [0.717, 1.165) is 24.9 Å². The Labute approximate surface area is 83.8 Å². The van der Waals surface area contributed by atoms with Gasteiger partial charge >= 0.3 is 0 Å². The van der Waals surface area contributed by atoms with E-state index in [0.29, 0.717) is 6.04 Å². The molecule has 0 bridgehead atoms. The average molecular weight is 190 g/mol. The lowest BCUT2D eigenvalue weighted by Crippen LogP contribution is -2.33. The molecular formula is C11H14N2O. The van der Waals surface area contributed by atoms with E-state index in [2.05, 4.69) is 11.9 Å². The number of hydrogen-bond donors (Lipinski definition) is 0. The standard InChI is InChI=1S/C11H14N2O/c1-9-3-2-8-13(9)11(14)10-4-6-12-7-5-10/h4-7,9H,2-3,8H2,1H3/t9-/m0/s1. The van der Waals surface area contributed by atoms with Crippen LogP contribution >= 0.6 is 0 Å². The summed E-state index contributed by atoms with van der Waals surface area (Å²) in [4.78, 5) is 17.8. The fraction of sp³-hybridized carbons (Fsp3) is 0.455. The highest BCUT2D eigenvalue weighted by atomic mass is 16.2. The summed E-state index contributed by atoms with van der Waals surface area (Å²) in [5.74, 6) is 0.136. The second kappa shape index (κ2) is 3.78. The van der Waals surface area contributed by atoms with E-state index in [1.54, 1.807) is 24.5 Å². The topological polar surface area (TPSA) is 33.2 Å². The molecule has 1 atom stereocenters. The summed E-state index contributed by atoms with van der Waals surface area (Å²) in [5, 5.41) is 0. The van der Waals surface area contributed by atoms with Crippen molar-refractivity contribution in [2.75, 3.05) is 6.54 Å². The Morgan fingerprint density at radius 2 is 2.21 bits per heavy atom. The molecule has 1 aliphatic rings. The molecule has 2 rings (SSSR count). The minimum Gasteiger partial charge on any atom is -0.336 e. The molecule has 1 aliphatic heterocycles. The van der Waals surface area contributed by atoms with Gasteiger partial charge in [0.15, 0.2) is 0 Å². The molecule has 14 heavy (non-hydrogen) atoms. The third-order valence-corrected chi connectivity index (χ3v) is 2.74. The van der Waals surface area contributed by atoms with Gasteiger partial charge in [-0.05, 0) is 31.9 Å². The van der Waals surface area contributed by atoms with Crippen molar-refractivity contribution in [1.82, 2.24) is 9.88 Å². The summed E-state index contributed by atoms with van der Waals surface area (Å²) >= 11 is 0. The zero-order valence-corrected chi connectivity index (χ0v) is 8.31. The van der Waals surface area contributed by atoms with E-state index >= 15 is 0 Å². The second-order valence-electron chi connectivity index (χ2n) is 3.73. The first-order chi connectivity index (χ1) is 6.79. The lowest BCUT2D eigenvalue weighted by molar-refractivity contribution is 0.0747. The lowest BCUT2D eigenvalue weighted by Gasteiger charge is -2.21. The molecule has 1 aromatic heterocycles. The number of carbonyl (C=O) groups is 1. The number of amides is 1. The highest BCUT2D eigenvalue weighted by Crippen LogP contribution is 2.18. The number of carbonyl (C=O) groups excluding carboxylic acids is 1. The van der Waals surface area contributed by atoms with Crippen LogP contribution in [0.2, 0.25) is 0 Å². The first kappa shape index (κ1) is 9.19. The van der Waals surface area contributed by atoms with Crippen LogP contribution in [0.15, 0.2) is 24.5 Å². The van der Waals surface area contributed by atoms with Crippen molar-refractivity contribution in [3.8, 4) is 0 Å². The molecule has 0 aliphatic carbocycles. The van der Waals surface area contributed by atoms with Crippen LogP contribution in [-0.2, 0) is 0 Å². The van der Waals surface area contributed by atoms with Crippen LogP contribution in [0.3, 0.4) is 0 Å². The van der Waals surface area contributed by atoms with Crippen molar-refractivity contribution in [3.05, 3.63) is 30.1 Å². The van der Waals surface area contributed by atoms with Crippen LogP contribution in [0.25, 0.3) is 0 Å². The average Bonchev–Trinajstić information content (AvgIpc) is 2.65. The molecule has 0 N–H and O–H groups in total. The molecule has 0 spiro atoms. The summed E-state index contributed by atoms with van der Waals surface area (Å²) in [6.07, 6.45) is 5.57. The SMILES string of the molecule is C[C@H]1CCCN1C(=O)c1ccncc1. The van der Waals surface area contributed by atoms with E-state index in [1.807, 2.05) is 4.90 Å². The molecule has 1 amide bonds. The smallest absolute Gasteiger partial charge is 0.254 e. The summed E-state index contributed by atoms with van der Waals surface area (Å²) in [6.45, 7) is 2.99. The zero-order chi connectivity index (χ0) is 9.97. The van der Waals surface area contributed by atoms with Gasteiger partial charge in [0.1, 0.15) is 0 Å². The summed E-state index contributed by atoms with van der Waals surface area (Å²) < 4.78 is 0. The third-order valence-electron chi connectivity index (χ3n) is 2.74. The number of hydrogen-bond acceptors (Lipinski definition) is 2. The van der Waals surface area contributed by atoms with Gasteiger partial charge in [-0.15, -0.1) is 0 Å². The van der Waals surface area contributed by atoms with E-state index in [4.69, 9.17) is 0 Å². The molecule has 2 heterocycles. The summed E-state index contributed by atoms with van der Waals surface area (Å²) in [7, 11) is 0. The van der Waals surface area contributed by atoms with Crippen molar-refractivity contribution >= 4 is 5.91 Å². The first-order valence-corrected chi connectivity index (χ1v) is 5.00. The van der Waals surface area contributed by atoms with Crippen LogP contribution in [0.1, 0.15) is 30.1 Å². The maximum absolute atomic E-state index is 12.0. The van der Waals surface area contributed by atoms with Gasteiger partial charge in [-0.1, -0.05) is 0 Å². The van der Waals surface area contributed by atoms with Gasteiger partial charge in [-0.3, -0.25) is 9.78 Å². The molecule has 1 saturated heterocycles. The maximum Gasteiger partial charge on any atom is 0.254 e. The third kappa shape index (κ3) is 1.62. The number of rotatable bonds is 1. The van der Waals surface area contributed by atoms with Crippen LogP contribution in [0.5, 0.6) is 0 Å². The number of pyridine rings is 1. The van der Waals surface area contributed by atoms with Gasteiger partial charge in [0.25, 0.3) is 5.91 Å². The Balaban J connectivity index is 2.16. The Hall–Kier alpha value is -1.38. The lowest BCUT2D eigenvalue weighted by atomic mass is 10.2. The molecule has 1 fully saturated rings. The summed E-state index contributed by atoms with van der Waals surface area (Å²) in [6, 6.07) is 3.93. The zero-order valence-electron chi connectivity index (χ0n) is 8.31. The quantitative estimate of drug-likeness (QED) is 0.675. The Morgan fingerprint density at radius 1 is 1.50 bits per heavy atom. The fourth-order valence-electron chi connectivity index (χ4n) is 1.90. The molecule has 0 aromatic carbocycles. The molecular weight excluding hydrogens is 176 g/mol. The molecule has 0 radical (unpaired) electrons.